The molecule has 1 aromatic carbocycles. The zero-order valence-electron chi connectivity index (χ0n) is 14.9. The van der Waals surface area contributed by atoms with Crippen LogP contribution < -0.4 is 15.4 Å². The molecule has 0 saturated heterocycles. The summed E-state index contributed by atoms with van der Waals surface area (Å²) in [6.45, 7) is 5.69. The maximum Gasteiger partial charge on any atom is 0.314 e. The quantitative estimate of drug-likeness (QED) is 0.541. The molecule has 2 amide bonds. The van der Waals surface area contributed by atoms with Crippen LogP contribution in [0.5, 0.6) is 5.75 Å². The number of urea groups is 1. The number of rotatable bonds is 11. The molecule has 1 unspecified atom stereocenters. The molecule has 1 rings (SSSR count). The lowest BCUT2D eigenvalue weighted by molar-refractivity contribution is 0.0300. The van der Waals surface area contributed by atoms with E-state index in [1.165, 1.54) is 0 Å². The highest BCUT2D eigenvalue weighted by Crippen LogP contribution is 2.11. The standard InChI is InChI=1S/C18H30N2O4/c1-14(2)5-4-10-19-18(22)20-11-16(21)13-24-12-15-6-8-17(23-3)9-7-15/h6-9,14,16,21H,4-5,10-13H2,1-3H3,(H2,19,20,22). The molecule has 0 aliphatic rings. The maximum absolute atomic E-state index is 11.6. The van der Waals surface area contributed by atoms with Gasteiger partial charge >= 0.3 is 6.03 Å². The summed E-state index contributed by atoms with van der Waals surface area (Å²) in [4.78, 5) is 11.6. The van der Waals surface area contributed by atoms with Crippen molar-refractivity contribution in [2.75, 3.05) is 26.8 Å². The third-order valence-corrected chi connectivity index (χ3v) is 3.48. The van der Waals surface area contributed by atoms with Gasteiger partial charge in [-0.1, -0.05) is 26.0 Å². The van der Waals surface area contributed by atoms with Gasteiger partial charge in [0.05, 0.1) is 26.4 Å². The third kappa shape index (κ3) is 9.37. The highest BCUT2D eigenvalue weighted by Gasteiger charge is 2.07. The number of ether oxygens (including phenoxy) is 2. The van der Waals surface area contributed by atoms with Crippen molar-refractivity contribution in [2.45, 2.75) is 39.4 Å². The zero-order valence-corrected chi connectivity index (χ0v) is 14.9. The summed E-state index contributed by atoms with van der Waals surface area (Å²) in [5, 5.41) is 15.2. The number of carbonyl (C=O) groups is 1. The van der Waals surface area contributed by atoms with Gasteiger partial charge in [-0.3, -0.25) is 0 Å². The molecule has 6 heteroatoms. The SMILES string of the molecule is COc1ccc(COCC(O)CNC(=O)NCCCC(C)C)cc1. The van der Waals surface area contributed by atoms with Crippen LogP contribution in [0.2, 0.25) is 0 Å². The Hall–Kier alpha value is -1.79. The summed E-state index contributed by atoms with van der Waals surface area (Å²) in [5.74, 6) is 1.43. The van der Waals surface area contributed by atoms with Crippen molar-refractivity contribution in [3.63, 3.8) is 0 Å². The van der Waals surface area contributed by atoms with Gasteiger partial charge in [0.1, 0.15) is 5.75 Å². The Morgan fingerprint density at radius 2 is 1.92 bits per heavy atom. The second-order valence-corrected chi connectivity index (χ2v) is 6.19. The minimum atomic E-state index is -0.732. The first-order valence-corrected chi connectivity index (χ1v) is 8.41. The second kappa shape index (κ2) is 11.7. The molecule has 3 N–H and O–H groups in total. The predicted molar refractivity (Wildman–Crippen MR) is 94.1 cm³/mol. The number of hydrogen-bond donors (Lipinski definition) is 3. The summed E-state index contributed by atoms with van der Waals surface area (Å²) in [7, 11) is 1.62. The highest BCUT2D eigenvalue weighted by molar-refractivity contribution is 5.73. The van der Waals surface area contributed by atoms with Gasteiger partial charge in [0, 0.05) is 13.1 Å². The zero-order chi connectivity index (χ0) is 17.8. The van der Waals surface area contributed by atoms with E-state index in [-0.39, 0.29) is 19.2 Å². The van der Waals surface area contributed by atoms with E-state index < -0.39 is 6.10 Å². The number of methoxy groups -OCH3 is 1. The van der Waals surface area contributed by atoms with Gasteiger partial charge in [-0.05, 0) is 36.5 Å². The summed E-state index contributed by atoms with van der Waals surface area (Å²) < 4.78 is 10.5. The first-order valence-electron chi connectivity index (χ1n) is 8.41. The number of benzene rings is 1. The molecule has 0 fully saturated rings. The van der Waals surface area contributed by atoms with Crippen LogP contribution in [0.25, 0.3) is 0 Å². The van der Waals surface area contributed by atoms with Crippen molar-refractivity contribution in [1.29, 1.82) is 0 Å². The van der Waals surface area contributed by atoms with Crippen molar-refractivity contribution in [3.8, 4) is 5.75 Å². The molecular weight excluding hydrogens is 308 g/mol. The number of aliphatic hydroxyl groups is 1. The minimum absolute atomic E-state index is 0.165. The molecule has 1 atom stereocenters. The number of carbonyl (C=O) groups excluding carboxylic acids is 1. The Morgan fingerprint density at radius 3 is 2.54 bits per heavy atom. The lowest BCUT2D eigenvalue weighted by atomic mass is 10.1. The van der Waals surface area contributed by atoms with E-state index in [9.17, 15) is 9.90 Å². The van der Waals surface area contributed by atoms with Crippen LogP contribution in [0.3, 0.4) is 0 Å². The van der Waals surface area contributed by atoms with Crippen LogP contribution >= 0.6 is 0 Å². The fourth-order valence-corrected chi connectivity index (χ4v) is 2.08. The predicted octanol–water partition coefficient (Wildman–Crippen LogP) is 2.31. The third-order valence-electron chi connectivity index (χ3n) is 3.48. The van der Waals surface area contributed by atoms with E-state index >= 15 is 0 Å². The molecule has 6 nitrogen and oxygen atoms in total. The van der Waals surface area contributed by atoms with E-state index in [0.29, 0.717) is 19.1 Å². The van der Waals surface area contributed by atoms with E-state index in [1.54, 1.807) is 7.11 Å². The van der Waals surface area contributed by atoms with Crippen molar-refractivity contribution >= 4 is 6.03 Å². The Morgan fingerprint density at radius 1 is 1.21 bits per heavy atom. The maximum atomic E-state index is 11.6. The average Bonchev–Trinajstić information content (AvgIpc) is 2.57. The van der Waals surface area contributed by atoms with Crippen LogP contribution in [-0.2, 0) is 11.3 Å². The van der Waals surface area contributed by atoms with Crippen molar-refractivity contribution in [2.24, 2.45) is 5.92 Å². The topological polar surface area (TPSA) is 79.8 Å². The first kappa shape index (κ1) is 20.3. The Balaban J connectivity index is 2.08. The largest absolute Gasteiger partial charge is 0.497 e. The summed E-state index contributed by atoms with van der Waals surface area (Å²) in [6.07, 6.45) is 1.31. The van der Waals surface area contributed by atoms with Gasteiger partial charge < -0.3 is 25.2 Å². The molecule has 0 aromatic heterocycles. The van der Waals surface area contributed by atoms with Crippen LogP contribution in [-0.4, -0.2) is 44.0 Å². The minimum Gasteiger partial charge on any atom is -0.497 e. The fourth-order valence-electron chi connectivity index (χ4n) is 2.08. The van der Waals surface area contributed by atoms with Crippen LogP contribution in [0.15, 0.2) is 24.3 Å². The molecule has 24 heavy (non-hydrogen) atoms. The van der Waals surface area contributed by atoms with Gasteiger partial charge in [0.15, 0.2) is 0 Å². The molecule has 1 aromatic rings. The lowest BCUT2D eigenvalue weighted by Gasteiger charge is -2.13. The molecular formula is C18H30N2O4. The number of hydrogen-bond acceptors (Lipinski definition) is 4. The second-order valence-electron chi connectivity index (χ2n) is 6.19. The molecule has 0 saturated carbocycles. The normalized spacial score (nSPS) is 12.0. The van der Waals surface area contributed by atoms with E-state index in [0.717, 1.165) is 24.2 Å². The van der Waals surface area contributed by atoms with E-state index in [4.69, 9.17) is 9.47 Å². The van der Waals surface area contributed by atoms with Gasteiger partial charge in [-0.15, -0.1) is 0 Å². The molecule has 0 aliphatic carbocycles. The smallest absolute Gasteiger partial charge is 0.314 e. The summed E-state index contributed by atoms with van der Waals surface area (Å²) in [5.41, 5.74) is 0.999. The average molecular weight is 338 g/mol. The number of amides is 2. The van der Waals surface area contributed by atoms with Crippen molar-refractivity contribution in [1.82, 2.24) is 10.6 Å². The lowest BCUT2D eigenvalue weighted by Crippen LogP contribution is -2.41. The fraction of sp³-hybridized carbons (Fsp3) is 0.611. The van der Waals surface area contributed by atoms with Gasteiger partial charge in [0.25, 0.3) is 0 Å². The molecule has 0 aliphatic heterocycles. The first-order chi connectivity index (χ1) is 11.5. The monoisotopic (exact) mass is 338 g/mol. The van der Waals surface area contributed by atoms with Crippen molar-refractivity contribution < 1.29 is 19.4 Å². The van der Waals surface area contributed by atoms with Crippen LogP contribution in [0.1, 0.15) is 32.3 Å². The van der Waals surface area contributed by atoms with Crippen LogP contribution in [0.4, 0.5) is 4.79 Å². The van der Waals surface area contributed by atoms with Crippen LogP contribution in [0, 0.1) is 5.92 Å². The molecule has 0 spiro atoms. The van der Waals surface area contributed by atoms with Gasteiger partial charge in [-0.2, -0.15) is 0 Å². The Labute approximate surface area is 144 Å². The molecule has 0 bridgehead atoms. The molecule has 0 radical (unpaired) electrons. The van der Waals surface area contributed by atoms with E-state index in [1.807, 2.05) is 24.3 Å². The summed E-state index contributed by atoms with van der Waals surface area (Å²) >= 11 is 0. The van der Waals surface area contributed by atoms with Gasteiger partial charge in [0.2, 0.25) is 0 Å². The van der Waals surface area contributed by atoms with E-state index in [2.05, 4.69) is 24.5 Å². The number of aliphatic hydroxyl groups excluding tert-OH is 1. The molecule has 136 valence electrons. The Bertz CT molecular complexity index is 463. The Kier molecular flexibility index (Phi) is 9.88. The van der Waals surface area contributed by atoms with Crippen molar-refractivity contribution in [3.05, 3.63) is 29.8 Å². The number of nitrogens with one attached hydrogen (secondary N) is 2. The highest BCUT2D eigenvalue weighted by atomic mass is 16.5. The summed E-state index contributed by atoms with van der Waals surface area (Å²) in [6, 6.07) is 7.29. The molecule has 0 heterocycles. The van der Waals surface area contributed by atoms with Gasteiger partial charge in [-0.25, -0.2) is 4.79 Å².